The number of nitrogen functional groups attached to an aromatic ring is 1. The second kappa shape index (κ2) is 8.00. The van der Waals surface area contributed by atoms with Gasteiger partial charge in [-0.3, -0.25) is 9.09 Å². The lowest BCUT2D eigenvalue weighted by atomic mass is 10.3. The minimum Gasteiger partial charge on any atom is -0.432 e. The minimum absolute atomic E-state index is 0.138. The molecule has 2 heterocycles. The van der Waals surface area contributed by atoms with Gasteiger partial charge in [-0.05, 0) is 26.7 Å². The Morgan fingerprint density at radius 1 is 1.39 bits per heavy atom. The molecule has 1 aliphatic rings. The van der Waals surface area contributed by atoms with E-state index in [1.54, 1.807) is 24.7 Å². The van der Waals surface area contributed by atoms with Crippen molar-refractivity contribution in [2.24, 2.45) is 0 Å². The van der Waals surface area contributed by atoms with Gasteiger partial charge >= 0.3 is 13.8 Å². The maximum atomic E-state index is 12.3. The molecule has 12 nitrogen and oxygen atoms in total. The predicted molar refractivity (Wildman–Crippen MR) is 96.1 cm³/mol. The largest absolute Gasteiger partial charge is 0.510 e. The van der Waals surface area contributed by atoms with E-state index in [0.717, 1.165) is 0 Å². The Labute approximate surface area is 160 Å². The Hall–Kier alpha value is -2.27. The molecule has 1 unspecified atom stereocenters. The molecule has 3 rings (SSSR count). The first kappa shape index (κ1) is 20.5. The van der Waals surface area contributed by atoms with E-state index in [2.05, 4.69) is 19.7 Å². The maximum absolute atomic E-state index is 12.3. The fourth-order valence-corrected chi connectivity index (χ4v) is 2.85. The molecule has 2 N–H and O–H groups in total. The summed E-state index contributed by atoms with van der Waals surface area (Å²) in [7, 11) is -3.61. The molecule has 13 heteroatoms. The van der Waals surface area contributed by atoms with Crippen LogP contribution in [0.2, 0.25) is 0 Å². The Morgan fingerprint density at radius 3 is 2.82 bits per heavy atom. The molecular formula is C15H22N5O7P. The molecule has 2 aromatic heterocycles. The number of carbonyl (C=O) groups is 1. The lowest BCUT2D eigenvalue weighted by Gasteiger charge is -2.19. The zero-order chi connectivity index (χ0) is 20.4. The summed E-state index contributed by atoms with van der Waals surface area (Å²) in [6.07, 6.45) is 3.23. The number of nitrogens with zero attached hydrogens (tertiary/aromatic N) is 4. The van der Waals surface area contributed by atoms with Gasteiger partial charge < -0.3 is 19.8 Å². The number of rotatable bonds is 9. The lowest BCUT2D eigenvalue weighted by Crippen LogP contribution is -2.22. The first-order chi connectivity index (χ1) is 13.2. The van der Waals surface area contributed by atoms with Crippen molar-refractivity contribution in [3.63, 3.8) is 0 Å². The van der Waals surface area contributed by atoms with Gasteiger partial charge in [-0.25, -0.2) is 19.7 Å². The molecule has 1 fully saturated rings. The van der Waals surface area contributed by atoms with Crippen LogP contribution in [0, 0.1) is 0 Å². The standard InChI is InChI=1S/C15H22N5O7P/c1-10(2)25-14(21)23-9-24-28(3,22)27-26-15(4-5-15)7-20-8-18-11-6-17-13(16)19-12(11)20/h6,8,10H,4-5,7,9H2,1-3H3,(H2,16,17,19). The van der Waals surface area contributed by atoms with Crippen LogP contribution >= 0.6 is 7.60 Å². The van der Waals surface area contributed by atoms with Gasteiger partial charge in [0.25, 0.3) is 0 Å². The zero-order valence-corrected chi connectivity index (χ0v) is 16.6. The number of fused-ring (bicyclic) bond motifs is 1. The summed E-state index contributed by atoms with van der Waals surface area (Å²) in [4.78, 5) is 28.9. The quantitative estimate of drug-likeness (QED) is 0.211. The molecule has 0 saturated heterocycles. The van der Waals surface area contributed by atoms with Crippen molar-refractivity contribution in [2.45, 2.75) is 44.9 Å². The van der Waals surface area contributed by atoms with E-state index in [4.69, 9.17) is 24.6 Å². The normalized spacial score (nSPS) is 17.4. The van der Waals surface area contributed by atoms with E-state index >= 15 is 0 Å². The first-order valence-electron chi connectivity index (χ1n) is 8.54. The van der Waals surface area contributed by atoms with Gasteiger partial charge in [-0.2, -0.15) is 4.98 Å². The molecule has 0 aliphatic heterocycles. The van der Waals surface area contributed by atoms with Crippen LogP contribution in [0.3, 0.4) is 0 Å². The van der Waals surface area contributed by atoms with Crippen molar-refractivity contribution in [2.75, 3.05) is 19.2 Å². The van der Waals surface area contributed by atoms with Crippen LogP contribution in [0.25, 0.3) is 11.2 Å². The van der Waals surface area contributed by atoms with Gasteiger partial charge in [0.2, 0.25) is 12.7 Å². The topological polar surface area (TPSA) is 150 Å². The highest BCUT2D eigenvalue weighted by atomic mass is 31.2. The third kappa shape index (κ3) is 5.38. The van der Waals surface area contributed by atoms with Crippen molar-refractivity contribution < 1.29 is 32.9 Å². The van der Waals surface area contributed by atoms with Gasteiger partial charge in [0.05, 0.1) is 25.2 Å². The van der Waals surface area contributed by atoms with Crippen LogP contribution in [0.5, 0.6) is 0 Å². The Morgan fingerprint density at radius 2 is 2.14 bits per heavy atom. The smallest absolute Gasteiger partial charge is 0.432 e. The first-order valence-corrected chi connectivity index (χ1v) is 10.5. The van der Waals surface area contributed by atoms with E-state index in [-0.39, 0.29) is 12.1 Å². The van der Waals surface area contributed by atoms with Crippen LogP contribution in [0.15, 0.2) is 12.5 Å². The summed E-state index contributed by atoms with van der Waals surface area (Å²) in [6, 6.07) is 0. The van der Waals surface area contributed by atoms with Crippen molar-refractivity contribution in [3.05, 3.63) is 12.5 Å². The van der Waals surface area contributed by atoms with E-state index < -0.39 is 26.1 Å². The van der Waals surface area contributed by atoms with Gasteiger partial charge in [0.15, 0.2) is 5.65 Å². The third-order valence-electron chi connectivity index (χ3n) is 3.79. The van der Waals surface area contributed by atoms with E-state index in [1.807, 2.05) is 0 Å². The van der Waals surface area contributed by atoms with Crippen molar-refractivity contribution in [3.8, 4) is 0 Å². The molecule has 0 amide bonds. The highest BCUT2D eigenvalue weighted by Gasteiger charge is 2.48. The van der Waals surface area contributed by atoms with Crippen LogP contribution in [0.1, 0.15) is 26.7 Å². The summed E-state index contributed by atoms with van der Waals surface area (Å²) in [5.41, 5.74) is 6.11. The fraction of sp³-hybridized carbons (Fsp3) is 0.600. The molecule has 0 radical (unpaired) electrons. The van der Waals surface area contributed by atoms with Gasteiger partial charge in [0.1, 0.15) is 11.1 Å². The van der Waals surface area contributed by atoms with Crippen molar-refractivity contribution in [1.29, 1.82) is 0 Å². The molecule has 0 aromatic carbocycles. The number of anilines is 1. The lowest BCUT2D eigenvalue weighted by molar-refractivity contribution is -0.268. The fourth-order valence-electron chi connectivity index (χ4n) is 2.27. The molecule has 1 saturated carbocycles. The second-order valence-electron chi connectivity index (χ2n) is 6.73. The van der Waals surface area contributed by atoms with Crippen LogP contribution < -0.4 is 5.73 Å². The predicted octanol–water partition coefficient (Wildman–Crippen LogP) is 2.25. The summed E-state index contributed by atoms with van der Waals surface area (Å²) in [5, 5.41) is 0. The molecule has 0 spiro atoms. The van der Waals surface area contributed by atoms with Gasteiger partial charge in [0, 0.05) is 6.66 Å². The van der Waals surface area contributed by atoms with Crippen LogP contribution in [0.4, 0.5) is 10.7 Å². The number of hydrogen-bond donors (Lipinski definition) is 1. The van der Waals surface area contributed by atoms with Crippen molar-refractivity contribution in [1.82, 2.24) is 19.5 Å². The van der Waals surface area contributed by atoms with Crippen LogP contribution in [-0.4, -0.2) is 50.8 Å². The minimum atomic E-state index is -3.61. The Balaban J connectivity index is 1.51. The highest BCUT2D eigenvalue weighted by Crippen LogP contribution is 2.50. The summed E-state index contributed by atoms with van der Waals surface area (Å²) < 4.78 is 33.4. The molecule has 2 aromatic rings. The Kier molecular flexibility index (Phi) is 5.84. The summed E-state index contributed by atoms with van der Waals surface area (Å²) in [6.45, 7) is 4.33. The number of aromatic nitrogens is 4. The number of imidazole rings is 1. The maximum Gasteiger partial charge on any atom is 0.510 e. The molecular weight excluding hydrogens is 393 g/mol. The highest BCUT2D eigenvalue weighted by molar-refractivity contribution is 7.52. The third-order valence-corrected chi connectivity index (χ3v) is 4.71. The number of ether oxygens (including phenoxy) is 2. The molecule has 0 bridgehead atoms. The van der Waals surface area contributed by atoms with Crippen LogP contribution in [-0.2, 0) is 34.7 Å². The SMILES string of the molecule is CC(C)OC(=O)OCOP(C)(=O)OOC1(Cn2cnc3cnc(N)nc32)CC1. The average molecular weight is 415 g/mol. The van der Waals surface area contributed by atoms with Gasteiger partial charge in [-0.1, -0.05) is 0 Å². The molecule has 1 atom stereocenters. The molecule has 154 valence electrons. The summed E-state index contributed by atoms with van der Waals surface area (Å²) in [5.74, 6) is 0.138. The monoisotopic (exact) mass is 415 g/mol. The van der Waals surface area contributed by atoms with E-state index in [9.17, 15) is 9.36 Å². The number of hydrogen-bond acceptors (Lipinski definition) is 11. The molecule has 1 aliphatic carbocycles. The van der Waals surface area contributed by atoms with Gasteiger partial charge in [-0.15, -0.1) is 4.67 Å². The summed E-state index contributed by atoms with van der Waals surface area (Å²) >= 11 is 0. The average Bonchev–Trinajstić information content (AvgIpc) is 3.26. The zero-order valence-electron chi connectivity index (χ0n) is 15.7. The Bertz CT molecular complexity index is 898. The van der Waals surface area contributed by atoms with E-state index in [0.29, 0.717) is 30.6 Å². The van der Waals surface area contributed by atoms with E-state index in [1.165, 1.54) is 12.9 Å². The number of nitrogens with two attached hydrogens (primary N) is 1. The second-order valence-corrected chi connectivity index (χ2v) is 8.68. The van der Waals surface area contributed by atoms with Crippen molar-refractivity contribution >= 4 is 30.9 Å². The number of carbonyl (C=O) groups excluding carboxylic acids is 1. The molecule has 28 heavy (non-hydrogen) atoms.